The highest BCUT2D eigenvalue weighted by Crippen LogP contribution is 2.13. The van der Waals surface area contributed by atoms with Gasteiger partial charge in [0, 0.05) is 25.3 Å². The van der Waals surface area contributed by atoms with E-state index in [-0.39, 0.29) is 6.42 Å². The molecule has 0 saturated heterocycles. The minimum atomic E-state index is -1.07. The molecule has 5 nitrogen and oxygen atoms in total. The molecular weight excluding hydrogens is 244 g/mol. The fraction of sp³-hybridized carbons (Fsp3) is 0.286. The summed E-state index contributed by atoms with van der Waals surface area (Å²) in [4.78, 5) is 24.8. The Labute approximate surface area is 112 Å². The number of amides is 1. The van der Waals surface area contributed by atoms with Crippen LogP contribution in [-0.4, -0.2) is 37.1 Å². The van der Waals surface area contributed by atoms with Crippen LogP contribution >= 0.6 is 0 Å². The van der Waals surface area contributed by atoms with Crippen molar-refractivity contribution in [3.8, 4) is 0 Å². The molecule has 0 spiro atoms. The number of nitrogens with one attached hydrogen (secondary N) is 1. The van der Waals surface area contributed by atoms with E-state index in [0.717, 1.165) is 5.69 Å². The first-order chi connectivity index (χ1) is 8.95. The minimum Gasteiger partial charge on any atom is -0.480 e. The third-order valence-electron chi connectivity index (χ3n) is 2.63. The highest BCUT2D eigenvalue weighted by Gasteiger charge is 2.19. The van der Waals surface area contributed by atoms with Crippen LogP contribution in [-0.2, 0) is 4.79 Å². The molecule has 19 heavy (non-hydrogen) atoms. The quantitative estimate of drug-likeness (QED) is 0.762. The molecule has 1 aromatic carbocycles. The molecule has 1 unspecified atom stereocenters. The van der Waals surface area contributed by atoms with Gasteiger partial charge in [-0.2, -0.15) is 0 Å². The van der Waals surface area contributed by atoms with Crippen molar-refractivity contribution < 1.29 is 14.7 Å². The van der Waals surface area contributed by atoms with Crippen LogP contribution in [0, 0.1) is 0 Å². The number of carbonyl (C=O) groups is 2. The van der Waals surface area contributed by atoms with Crippen molar-refractivity contribution in [1.29, 1.82) is 0 Å². The van der Waals surface area contributed by atoms with Gasteiger partial charge in [-0.15, -0.1) is 6.58 Å². The number of hydrogen-bond donors (Lipinski definition) is 2. The summed E-state index contributed by atoms with van der Waals surface area (Å²) in [7, 11) is 3.74. The second-order valence-corrected chi connectivity index (χ2v) is 4.33. The summed E-state index contributed by atoms with van der Waals surface area (Å²) in [5.41, 5.74) is 1.31. The van der Waals surface area contributed by atoms with Gasteiger partial charge in [0.25, 0.3) is 5.91 Å². The van der Waals surface area contributed by atoms with Gasteiger partial charge in [0.2, 0.25) is 0 Å². The lowest BCUT2D eigenvalue weighted by Gasteiger charge is -2.15. The number of carboxylic acids is 1. The Morgan fingerprint density at radius 3 is 2.68 bits per heavy atom. The number of aliphatic carboxylic acids is 1. The Kier molecular flexibility index (Phi) is 5.11. The van der Waals surface area contributed by atoms with Gasteiger partial charge < -0.3 is 15.3 Å². The maximum Gasteiger partial charge on any atom is 0.326 e. The third kappa shape index (κ3) is 4.13. The molecule has 0 aliphatic heterocycles. The van der Waals surface area contributed by atoms with Crippen LogP contribution < -0.4 is 10.2 Å². The van der Waals surface area contributed by atoms with Gasteiger partial charge >= 0.3 is 5.97 Å². The van der Waals surface area contributed by atoms with Gasteiger partial charge in [-0.1, -0.05) is 12.1 Å². The molecular formula is C14H18N2O3. The molecule has 0 fully saturated rings. The van der Waals surface area contributed by atoms with E-state index in [1.807, 2.05) is 25.1 Å². The van der Waals surface area contributed by atoms with E-state index in [2.05, 4.69) is 11.9 Å². The lowest BCUT2D eigenvalue weighted by atomic mass is 10.1. The third-order valence-corrected chi connectivity index (χ3v) is 2.63. The molecule has 0 heterocycles. The molecule has 0 aliphatic carbocycles. The van der Waals surface area contributed by atoms with Crippen LogP contribution in [0.15, 0.2) is 36.9 Å². The van der Waals surface area contributed by atoms with Crippen molar-refractivity contribution in [1.82, 2.24) is 5.32 Å². The standard InChI is InChI=1S/C14H18N2O3/c1-4-6-12(14(18)19)15-13(17)10-7-5-8-11(9-10)16(2)3/h4-5,7-9,12H,1,6H2,2-3H3,(H,15,17)(H,18,19). The van der Waals surface area contributed by atoms with Crippen LogP contribution in [0.3, 0.4) is 0 Å². The van der Waals surface area contributed by atoms with Gasteiger partial charge in [-0.25, -0.2) is 4.79 Å². The Balaban J connectivity index is 2.85. The lowest BCUT2D eigenvalue weighted by Crippen LogP contribution is -2.40. The molecule has 1 aromatic rings. The Morgan fingerprint density at radius 1 is 1.47 bits per heavy atom. The average molecular weight is 262 g/mol. The molecule has 1 atom stereocenters. The van der Waals surface area contributed by atoms with Crippen molar-refractivity contribution >= 4 is 17.6 Å². The summed E-state index contributed by atoms with van der Waals surface area (Å²) < 4.78 is 0. The van der Waals surface area contributed by atoms with Crippen LogP contribution in [0.5, 0.6) is 0 Å². The van der Waals surface area contributed by atoms with Gasteiger partial charge in [-0.05, 0) is 24.6 Å². The van der Waals surface area contributed by atoms with Gasteiger partial charge in [0.15, 0.2) is 0 Å². The summed E-state index contributed by atoms with van der Waals surface area (Å²) in [5.74, 6) is -1.48. The van der Waals surface area contributed by atoms with E-state index >= 15 is 0 Å². The number of anilines is 1. The summed E-state index contributed by atoms with van der Waals surface area (Å²) in [5, 5.41) is 11.4. The zero-order valence-electron chi connectivity index (χ0n) is 11.1. The molecule has 0 saturated carbocycles. The van der Waals surface area contributed by atoms with Crippen LogP contribution in [0.1, 0.15) is 16.8 Å². The van der Waals surface area contributed by atoms with E-state index < -0.39 is 17.9 Å². The Bertz CT molecular complexity index is 483. The van der Waals surface area contributed by atoms with E-state index in [4.69, 9.17) is 5.11 Å². The molecule has 5 heteroatoms. The van der Waals surface area contributed by atoms with E-state index in [1.54, 1.807) is 18.2 Å². The first-order valence-electron chi connectivity index (χ1n) is 5.87. The van der Waals surface area contributed by atoms with E-state index in [1.165, 1.54) is 6.08 Å². The lowest BCUT2D eigenvalue weighted by molar-refractivity contribution is -0.139. The summed E-state index contributed by atoms with van der Waals surface area (Å²) in [6.45, 7) is 3.48. The largest absolute Gasteiger partial charge is 0.480 e. The molecule has 2 N–H and O–H groups in total. The first kappa shape index (κ1) is 14.8. The zero-order chi connectivity index (χ0) is 14.4. The SMILES string of the molecule is C=CCC(NC(=O)c1cccc(N(C)C)c1)C(=O)O. The Hall–Kier alpha value is -2.30. The number of carbonyl (C=O) groups excluding carboxylic acids is 1. The zero-order valence-corrected chi connectivity index (χ0v) is 11.1. The summed E-state index contributed by atoms with van der Waals surface area (Å²) in [6, 6.07) is 6.04. The summed E-state index contributed by atoms with van der Waals surface area (Å²) >= 11 is 0. The number of rotatable bonds is 6. The van der Waals surface area contributed by atoms with Gasteiger partial charge in [0.1, 0.15) is 6.04 Å². The molecule has 1 rings (SSSR count). The second-order valence-electron chi connectivity index (χ2n) is 4.33. The topological polar surface area (TPSA) is 69.6 Å². The normalized spacial score (nSPS) is 11.5. The van der Waals surface area contributed by atoms with Crippen LogP contribution in [0.4, 0.5) is 5.69 Å². The molecule has 0 aliphatic rings. The monoisotopic (exact) mass is 262 g/mol. The van der Waals surface area contributed by atoms with Crippen LogP contribution in [0.2, 0.25) is 0 Å². The molecule has 0 bridgehead atoms. The predicted octanol–water partition coefficient (Wildman–Crippen LogP) is 1.51. The van der Waals surface area contributed by atoms with Crippen molar-refractivity contribution in [3.63, 3.8) is 0 Å². The number of benzene rings is 1. The van der Waals surface area contributed by atoms with Gasteiger partial charge in [0.05, 0.1) is 0 Å². The number of hydrogen-bond acceptors (Lipinski definition) is 3. The second kappa shape index (κ2) is 6.58. The van der Waals surface area contributed by atoms with E-state index in [9.17, 15) is 9.59 Å². The van der Waals surface area contributed by atoms with Gasteiger partial charge in [-0.3, -0.25) is 4.79 Å². The molecule has 0 radical (unpaired) electrons. The fourth-order valence-electron chi connectivity index (χ4n) is 1.56. The van der Waals surface area contributed by atoms with Crippen molar-refractivity contribution in [2.45, 2.75) is 12.5 Å². The maximum absolute atomic E-state index is 12.0. The molecule has 102 valence electrons. The smallest absolute Gasteiger partial charge is 0.326 e. The summed E-state index contributed by atoms with van der Waals surface area (Å²) in [6.07, 6.45) is 1.66. The average Bonchev–Trinajstić information content (AvgIpc) is 2.38. The first-order valence-corrected chi connectivity index (χ1v) is 5.87. The highest BCUT2D eigenvalue weighted by molar-refractivity contribution is 5.97. The molecule has 1 amide bonds. The van der Waals surface area contributed by atoms with Crippen molar-refractivity contribution in [2.75, 3.05) is 19.0 Å². The molecule has 0 aromatic heterocycles. The van der Waals surface area contributed by atoms with Crippen LogP contribution in [0.25, 0.3) is 0 Å². The number of nitrogens with zero attached hydrogens (tertiary/aromatic N) is 1. The van der Waals surface area contributed by atoms with E-state index in [0.29, 0.717) is 5.56 Å². The van der Waals surface area contributed by atoms with Crippen molar-refractivity contribution in [2.24, 2.45) is 0 Å². The predicted molar refractivity (Wildman–Crippen MR) is 74.5 cm³/mol. The fourth-order valence-corrected chi connectivity index (χ4v) is 1.56. The minimum absolute atomic E-state index is 0.189. The Morgan fingerprint density at radius 2 is 2.16 bits per heavy atom. The van der Waals surface area contributed by atoms with Crippen molar-refractivity contribution in [3.05, 3.63) is 42.5 Å². The number of carboxylic acid groups (broad SMARTS) is 1. The maximum atomic E-state index is 12.0. The highest BCUT2D eigenvalue weighted by atomic mass is 16.4.